The van der Waals surface area contributed by atoms with E-state index in [1.54, 1.807) is 22.6 Å². The largest absolute Gasteiger partial charge is 0.480 e. The van der Waals surface area contributed by atoms with E-state index >= 15 is 0 Å². The van der Waals surface area contributed by atoms with Gasteiger partial charge in [0.15, 0.2) is 0 Å². The first kappa shape index (κ1) is 10.5. The van der Waals surface area contributed by atoms with E-state index in [-0.39, 0.29) is 5.37 Å². The van der Waals surface area contributed by atoms with Crippen LogP contribution >= 0.6 is 11.8 Å². The molecule has 5 nitrogen and oxygen atoms in total. The van der Waals surface area contributed by atoms with Gasteiger partial charge in [-0.2, -0.15) is 5.10 Å². The molecule has 2 rings (SSSR count). The number of hydrogen-bond donors (Lipinski definition) is 2. The highest BCUT2D eigenvalue weighted by Gasteiger charge is 2.31. The number of hydrogen-bond acceptors (Lipinski definition) is 4. The molecule has 0 amide bonds. The Morgan fingerprint density at radius 1 is 1.80 bits per heavy atom. The molecule has 2 N–H and O–H groups in total. The number of aryl methyl sites for hydroxylation is 1. The summed E-state index contributed by atoms with van der Waals surface area (Å²) in [5.74, 6) is -0.180. The summed E-state index contributed by atoms with van der Waals surface area (Å²) in [6, 6.07) is -0.445. The van der Waals surface area contributed by atoms with Gasteiger partial charge in [0.2, 0.25) is 0 Å². The zero-order chi connectivity index (χ0) is 11.0. The van der Waals surface area contributed by atoms with Gasteiger partial charge in [-0.15, -0.1) is 11.8 Å². The monoisotopic (exact) mass is 227 g/mol. The molecule has 0 aliphatic carbocycles. The summed E-state index contributed by atoms with van der Waals surface area (Å²) < 4.78 is 1.80. The molecule has 82 valence electrons. The molecule has 1 fully saturated rings. The molecule has 0 radical (unpaired) electrons. The summed E-state index contributed by atoms with van der Waals surface area (Å²) in [5, 5.41) is 16.1. The highest BCUT2D eigenvalue weighted by molar-refractivity contribution is 7.99. The first-order valence-electron chi connectivity index (χ1n) is 4.68. The van der Waals surface area contributed by atoms with Gasteiger partial charge in [-0.25, -0.2) is 0 Å². The molecule has 0 bridgehead atoms. The van der Waals surface area contributed by atoms with Crippen LogP contribution in [0.3, 0.4) is 0 Å². The number of carboxylic acids is 1. The van der Waals surface area contributed by atoms with Crippen LogP contribution in [0.25, 0.3) is 0 Å². The van der Waals surface area contributed by atoms with Crippen molar-refractivity contribution >= 4 is 17.7 Å². The van der Waals surface area contributed by atoms with Crippen molar-refractivity contribution in [3.63, 3.8) is 0 Å². The Hall–Kier alpha value is -1.01. The SMILES string of the molecule is Cc1c(C2N[C@H](C(=O)O)CS2)cnn1C. The van der Waals surface area contributed by atoms with Crippen molar-refractivity contribution in [3.8, 4) is 0 Å². The van der Waals surface area contributed by atoms with Crippen molar-refractivity contribution in [1.82, 2.24) is 15.1 Å². The fourth-order valence-electron chi connectivity index (χ4n) is 1.57. The van der Waals surface area contributed by atoms with Crippen LogP contribution in [0.1, 0.15) is 16.6 Å². The molecule has 1 aromatic heterocycles. The average molecular weight is 227 g/mol. The Morgan fingerprint density at radius 2 is 2.53 bits per heavy atom. The minimum Gasteiger partial charge on any atom is -0.480 e. The summed E-state index contributed by atoms with van der Waals surface area (Å²) in [6.45, 7) is 1.98. The van der Waals surface area contributed by atoms with E-state index < -0.39 is 12.0 Å². The standard InChI is InChI=1S/C9H13N3O2S/c1-5-6(3-10-12(5)2)8-11-7(4-15-8)9(13)14/h3,7-8,11H,4H2,1-2H3,(H,13,14)/t7-,8?/m0/s1. The summed E-state index contributed by atoms with van der Waals surface area (Å²) in [7, 11) is 1.88. The minimum atomic E-state index is -0.786. The van der Waals surface area contributed by atoms with Gasteiger partial charge in [0.25, 0.3) is 0 Å². The van der Waals surface area contributed by atoms with Crippen LogP contribution in [0.2, 0.25) is 0 Å². The van der Waals surface area contributed by atoms with Gasteiger partial charge in [0.05, 0.1) is 11.6 Å². The van der Waals surface area contributed by atoms with Gasteiger partial charge >= 0.3 is 5.97 Å². The van der Waals surface area contributed by atoms with Crippen LogP contribution in [0, 0.1) is 6.92 Å². The second kappa shape index (κ2) is 3.86. The fraction of sp³-hybridized carbons (Fsp3) is 0.556. The Labute approximate surface area is 91.9 Å². The number of carboxylic acid groups (broad SMARTS) is 1. The summed E-state index contributed by atoms with van der Waals surface area (Å²) in [4.78, 5) is 10.8. The zero-order valence-electron chi connectivity index (χ0n) is 8.60. The first-order chi connectivity index (χ1) is 7.09. The summed E-state index contributed by atoms with van der Waals surface area (Å²) in [5.41, 5.74) is 2.15. The highest BCUT2D eigenvalue weighted by atomic mass is 32.2. The lowest BCUT2D eigenvalue weighted by Gasteiger charge is -2.10. The Bertz CT molecular complexity index is 391. The van der Waals surface area contributed by atoms with Gasteiger partial charge in [-0.05, 0) is 6.92 Å². The molecule has 2 atom stereocenters. The lowest BCUT2D eigenvalue weighted by atomic mass is 10.2. The predicted molar refractivity (Wildman–Crippen MR) is 57.7 cm³/mol. The van der Waals surface area contributed by atoms with Crippen molar-refractivity contribution in [2.45, 2.75) is 18.3 Å². The maximum absolute atomic E-state index is 10.8. The maximum Gasteiger partial charge on any atom is 0.321 e. The number of nitrogens with zero attached hydrogens (tertiary/aromatic N) is 2. The Balaban J connectivity index is 2.14. The van der Waals surface area contributed by atoms with Crippen LogP contribution in [-0.2, 0) is 11.8 Å². The molecule has 0 aromatic carbocycles. The number of aliphatic carboxylic acids is 1. The highest BCUT2D eigenvalue weighted by Crippen LogP contribution is 2.34. The molecular weight excluding hydrogens is 214 g/mol. The predicted octanol–water partition coefficient (Wildman–Crippen LogP) is 0.517. The fourth-order valence-corrected chi connectivity index (χ4v) is 2.86. The van der Waals surface area contributed by atoms with E-state index in [4.69, 9.17) is 5.11 Å². The van der Waals surface area contributed by atoms with Crippen molar-refractivity contribution in [1.29, 1.82) is 0 Å². The van der Waals surface area contributed by atoms with Crippen LogP contribution in [-0.4, -0.2) is 32.7 Å². The Kier molecular flexibility index (Phi) is 2.70. The van der Waals surface area contributed by atoms with Gasteiger partial charge in [-0.3, -0.25) is 14.8 Å². The normalized spacial score (nSPS) is 25.7. The van der Waals surface area contributed by atoms with Crippen molar-refractivity contribution in [2.24, 2.45) is 7.05 Å². The smallest absolute Gasteiger partial charge is 0.321 e. The number of aromatic nitrogens is 2. The van der Waals surface area contributed by atoms with Gasteiger partial charge in [0, 0.05) is 24.1 Å². The molecule has 1 aliphatic heterocycles. The van der Waals surface area contributed by atoms with Crippen LogP contribution < -0.4 is 5.32 Å². The van der Waals surface area contributed by atoms with E-state index in [1.165, 1.54) is 0 Å². The summed E-state index contributed by atoms with van der Waals surface area (Å²) >= 11 is 1.61. The lowest BCUT2D eigenvalue weighted by Crippen LogP contribution is -2.33. The molecule has 0 saturated carbocycles. The maximum atomic E-state index is 10.8. The molecule has 1 saturated heterocycles. The third-order valence-electron chi connectivity index (χ3n) is 2.64. The molecule has 15 heavy (non-hydrogen) atoms. The zero-order valence-corrected chi connectivity index (χ0v) is 9.41. The van der Waals surface area contributed by atoms with Crippen molar-refractivity contribution in [3.05, 3.63) is 17.5 Å². The number of carbonyl (C=O) groups is 1. The molecule has 2 heterocycles. The van der Waals surface area contributed by atoms with Crippen LogP contribution in [0.15, 0.2) is 6.20 Å². The van der Waals surface area contributed by atoms with E-state index in [0.717, 1.165) is 11.3 Å². The van der Waals surface area contributed by atoms with Gasteiger partial charge in [-0.1, -0.05) is 0 Å². The Morgan fingerprint density at radius 3 is 3.00 bits per heavy atom. The number of rotatable bonds is 2. The second-order valence-electron chi connectivity index (χ2n) is 3.58. The van der Waals surface area contributed by atoms with Crippen molar-refractivity contribution < 1.29 is 9.90 Å². The molecule has 1 aliphatic rings. The molecule has 0 spiro atoms. The quantitative estimate of drug-likeness (QED) is 0.771. The third-order valence-corrected chi connectivity index (χ3v) is 3.89. The second-order valence-corrected chi connectivity index (χ2v) is 4.72. The van der Waals surface area contributed by atoms with E-state index in [9.17, 15) is 4.79 Å². The van der Waals surface area contributed by atoms with Gasteiger partial charge in [0.1, 0.15) is 6.04 Å². The minimum absolute atomic E-state index is 0.0554. The summed E-state index contributed by atoms with van der Waals surface area (Å²) in [6.07, 6.45) is 1.80. The van der Waals surface area contributed by atoms with E-state index in [2.05, 4.69) is 10.4 Å². The molecule has 6 heteroatoms. The number of nitrogens with one attached hydrogen (secondary N) is 1. The molecular formula is C9H13N3O2S. The van der Waals surface area contributed by atoms with Crippen LogP contribution in [0.4, 0.5) is 0 Å². The third kappa shape index (κ3) is 1.87. The first-order valence-corrected chi connectivity index (χ1v) is 5.73. The molecule has 1 unspecified atom stereocenters. The topological polar surface area (TPSA) is 67.2 Å². The number of thioether (sulfide) groups is 1. The van der Waals surface area contributed by atoms with Crippen LogP contribution in [0.5, 0.6) is 0 Å². The van der Waals surface area contributed by atoms with Crippen molar-refractivity contribution in [2.75, 3.05) is 5.75 Å². The van der Waals surface area contributed by atoms with Gasteiger partial charge < -0.3 is 5.11 Å². The van der Waals surface area contributed by atoms with E-state index in [1.807, 2.05) is 14.0 Å². The lowest BCUT2D eigenvalue weighted by molar-refractivity contribution is -0.138. The van der Waals surface area contributed by atoms with E-state index in [0.29, 0.717) is 5.75 Å². The average Bonchev–Trinajstić information content (AvgIpc) is 2.76. The molecule has 1 aromatic rings.